The maximum atomic E-state index is 11.8. The maximum Gasteiger partial charge on any atom is 0.306 e. The zero-order chi connectivity index (χ0) is 21.1. The highest BCUT2D eigenvalue weighted by Crippen LogP contribution is 2.28. The fourth-order valence-corrected chi connectivity index (χ4v) is 4.87. The number of benzene rings is 2. The molecule has 2 heterocycles. The molecule has 2 aromatic carbocycles. The summed E-state index contributed by atoms with van der Waals surface area (Å²) in [5, 5.41) is 16.4. The predicted molar refractivity (Wildman–Crippen MR) is 123 cm³/mol. The van der Waals surface area contributed by atoms with Crippen molar-refractivity contribution in [3.63, 3.8) is 0 Å². The lowest BCUT2D eigenvalue weighted by atomic mass is 10.1. The van der Waals surface area contributed by atoms with E-state index in [2.05, 4.69) is 39.7 Å². The number of para-hydroxylation sites is 1. The first-order valence-corrected chi connectivity index (χ1v) is 11.1. The number of aryl methyl sites for hydroxylation is 1. The van der Waals surface area contributed by atoms with Crippen LogP contribution in [0.5, 0.6) is 0 Å². The Kier molecular flexibility index (Phi) is 6.01. The van der Waals surface area contributed by atoms with E-state index in [1.165, 1.54) is 15.8 Å². The van der Waals surface area contributed by atoms with Gasteiger partial charge in [-0.15, -0.1) is 0 Å². The van der Waals surface area contributed by atoms with E-state index < -0.39 is 12.0 Å². The molecule has 0 fully saturated rings. The highest BCUT2D eigenvalue weighted by Gasteiger charge is 2.29. The third-order valence-electron chi connectivity index (χ3n) is 4.63. The molecule has 154 valence electrons. The maximum absolute atomic E-state index is 11.8. The smallest absolute Gasteiger partial charge is 0.306 e. The van der Waals surface area contributed by atoms with Gasteiger partial charge in [0.05, 0.1) is 16.6 Å². The molecule has 0 spiro atoms. The number of aromatic nitrogens is 1. The number of carboxylic acid groups (broad SMARTS) is 1. The van der Waals surface area contributed by atoms with Gasteiger partial charge in [-0.05, 0) is 54.4 Å². The number of carbonyl (C=O) groups excluding carboxylic acids is 1. The first kappa shape index (κ1) is 20.4. The molecule has 1 atom stereocenters. The van der Waals surface area contributed by atoms with Crippen LogP contribution in [0.15, 0.2) is 47.5 Å². The van der Waals surface area contributed by atoms with Crippen molar-refractivity contribution in [2.45, 2.75) is 25.8 Å². The van der Waals surface area contributed by atoms with Crippen molar-refractivity contribution in [1.82, 2.24) is 4.98 Å². The number of rotatable bonds is 7. The molecule has 7 nitrogen and oxygen atoms in total. The van der Waals surface area contributed by atoms with Crippen molar-refractivity contribution in [3.8, 4) is 0 Å². The third kappa shape index (κ3) is 4.80. The summed E-state index contributed by atoms with van der Waals surface area (Å²) in [7, 11) is 0. The molecule has 0 saturated heterocycles. The van der Waals surface area contributed by atoms with E-state index in [1.807, 2.05) is 30.3 Å². The molecule has 0 saturated carbocycles. The number of thiazole rings is 1. The van der Waals surface area contributed by atoms with E-state index >= 15 is 0 Å². The van der Waals surface area contributed by atoms with E-state index in [0.29, 0.717) is 5.17 Å². The Hall–Kier alpha value is -2.91. The Morgan fingerprint density at radius 2 is 2.00 bits per heavy atom. The van der Waals surface area contributed by atoms with Gasteiger partial charge in [-0.3, -0.25) is 9.59 Å². The number of nitrogens with one attached hydrogen (secondary N) is 2. The van der Waals surface area contributed by atoms with E-state index in [4.69, 9.17) is 5.11 Å². The number of hydrogen-bond acceptors (Lipinski definition) is 8. The number of carbonyl (C=O) groups is 2. The monoisotopic (exact) mass is 440 g/mol. The number of aliphatic imine (C=N–C) groups is 1. The second kappa shape index (κ2) is 8.85. The minimum atomic E-state index is -1.03. The minimum absolute atomic E-state index is 0.243. The molecule has 1 aliphatic heterocycles. The van der Waals surface area contributed by atoms with Gasteiger partial charge in [0, 0.05) is 12.2 Å². The second-order valence-electron chi connectivity index (χ2n) is 6.91. The SMILES string of the molecule is Cc1cccc2sc(NCCc3ccc(NC4=N[C@@H](CC(=O)O)C(=O)S4)cc3)nc12. The van der Waals surface area contributed by atoms with Crippen LogP contribution in [0.4, 0.5) is 10.8 Å². The molecule has 0 unspecified atom stereocenters. The topological polar surface area (TPSA) is 104 Å². The third-order valence-corrected chi connectivity index (χ3v) is 6.48. The van der Waals surface area contributed by atoms with Gasteiger partial charge in [-0.25, -0.2) is 9.98 Å². The summed E-state index contributed by atoms with van der Waals surface area (Å²) < 4.78 is 1.18. The molecule has 3 aromatic rings. The van der Waals surface area contributed by atoms with Crippen molar-refractivity contribution in [2.75, 3.05) is 17.2 Å². The summed E-state index contributed by atoms with van der Waals surface area (Å²) in [5.41, 5.74) is 4.22. The number of carboxylic acids is 1. The first-order chi connectivity index (χ1) is 14.5. The highest BCUT2D eigenvalue weighted by atomic mass is 32.2. The van der Waals surface area contributed by atoms with Gasteiger partial charge in [-0.1, -0.05) is 35.6 Å². The molecule has 1 aromatic heterocycles. The van der Waals surface area contributed by atoms with Crippen molar-refractivity contribution in [2.24, 2.45) is 4.99 Å². The van der Waals surface area contributed by atoms with Crippen LogP contribution in [0.3, 0.4) is 0 Å². The molecule has 30 heavy (non-hydrogen) atoms. The zero-order valence-electron chi connectivity index (χ0n) is 16.2. The van der Waals surface area contributed by atoms with E-state index in [-0.39, 0.29) is 11.5 Å². The average Bonchev–Trinajstić information content (AvgIpc) is 3.27. The van der Waals surface area contributed by atoms with Crippen LogP contribution in [0, 0.1) is 6.92 Å². The van der Waals surface area contributed by atoms with Gasteiger partial charge >= 0.3 is 5.97 Å². The van der Waals surface area contributed by atoms with Crippen molar-refractivity contribution in [3.05, 3.63) is 53.6 Å². The van der Waals surface area contributed by atoms with Crippen LogP contribution in [0.1, 0.15) is 17.5 Å². The molecule has 1 aliphatic rings. The number of aliphatic carboxylic acids is 1. The van der Waals surface area contributed by atoms with Gasteiger partial charge in [-0.2, -0.15) is 0 Å². The number of hydrogen-bond donors (Lipinski definition) is 3. The number of nitrogens with zero attached hydrogens (tertiary/aromatic N) is 2. The molecular formula is C21H20N4O3S2. The normalized spacial score (nSPS) is 16.0. The fourth-order valence-electron chi connectivity index (χ4n) is 3.09. The van der Waals surface area contributed by atoms with Crippen LogP contribution in [0.2, 0.25) is 0 Å². The summed E-state index contributed by atoms with van der Waals surface area (Å²) >= 11 is 2.61. The van der Waals surface area contributed by atoms with E-state index in [0.717, 1.165) is 41.1 Å². The lowest BCUT2D eigenvalue weighted by molar-refractivity contribution is -0.138. The molecular weight excluding hydrogens is 420 g/mol. The first-order valence-electron chi connectivity index (χ1n) is 9.45. The second-order valence-corrected chi connectivity index (χ2v) is 8.93. The van der Waals surface area contributed by atoms with Gasteiger partial charge in [0.2, 0.25) is 5.12 Å². The summed E-state index contributed by atoms with van der Waals surface area (Å²) in [6.07, 6.45) is 0.571. The van der Waals surface area contributed by atoms with Crippen molar-refractivity contribution in [1.29, 1.82) is 0 Å². The molecule has 0 bridgehead atoms. The van der Waals surface area contributed by atoms with Crippen LogP contribution in [-0.2, 0) is 16.0 Å². The van der Waals surface area contributed by atoms with Gasteiger partial charge in [0.25, 0.3) is 0 Å². The largest absolute Gasteiger partial charge is 0.481 e. The summed E-state index contributed by atoms with van der Waals surface area (Å²) in [6, 6.07) is 13.3. The molecule has 0 amide bonds. The number of amidine groups is 1. The lowest BCUT2D eigenvalue weighted by Crippen LogP contribution is -2.15. The standard InChI is InChI=1S/C21H20N4O3S2/c1-12-3-2-4-16-18(12)25-20(29-16)22-10-9-13-5-7-14(8-6-13)23-21-24-15(11-17(26)27)19(28)30-21/h2-8,15H,9-11H2,1H3,(H,22,25)(H,23,24)(H,26,27)/t15-/m0/s1. The van der Waals surface area contributed by atoms with E-state index in [9.17, 15) is 9.59 Å². The Balaban J connectivity index is 1.30. The van der Waals surface area contributed by atoms with Crippen molar-refractivity contribution < 1.29 is 14.7 Å². The summed E-state index contributed by atoms with van der Waals surface area (Å²) in [4.78, 5) is 31.4. The fraction of sp³-hybridized carbons (Fsp3) is 0.238. The van der Waals surface area contributed by atoms with Gasteiger partial charge in [0.15, 0.2) is 10.3 Å². The quantitative estimate of drug-likeness (QED) is 0.507. The Morgan fingerprint density at radius 3 is 2.73 bits per heavy atom. The molecule has 0 radical (unpaired) electrons. The van der Waals surface area contributed by atoms with Crippen LogP contribution in [0.25, 0.3) is 10.2 Å². The molecule has 9 heteroatoms. The number of anilines is 2. The van der Waals surface area contributed by atoms with Crippen LogP contribution < -0.4 is 10.6 Å². The lowest BCUT2D eigenvalue weighted by Gasteiger charge is -2.07. The van der Waals surface area contributed by atoms with Crippen molar-refractivity contribution >= 4 is 60.4 Å². The van der Waals surface area contributed by atoms with Crippen LogP contribution in [-0.4, -0.2) is 38.9 Å². The summed E-state index contributed by atoms with van der Waals surface area (Å²) in [6.45, 7) is 2.85. The van der Waals surface area contributed by atoms with Gasteiger partial charge in [0.1, 0.15) is 6.04 Å². The minimum Gasteiger partial charge on any atom is -0.481 e. The average molecular weight is 441 g/mol. The van der Waals surface area contributed by atoms with E-state index in [1.54, 1.807) is 11.3 Å². The number of thioether (sulfide) groups is 1. The van der Waals surface area contributed by atoms with Gasteiger partial charge < -0.3 is 15.7 Å². The highest BCUT2D eigenvalue weighted by molar-refractivity contribution is 8.27. The Morgan fingerprint density at radius 1 is 1.20 bits per heavy atom. The zero-order valence-corrected chi connectivity index (χ0v) is 17.8. The number of fused-ring (bicyclic) bond motifs is 1. The summed E-state index contributed by atoms with van der Waals surface area (Å²) in [5.74, 6) is -1.03. The molecule has 3 N–H and O–H groups in total. The molecule has 0 aliphatic carbocycles. The Bertz CT molecular complexity index is 1120. The predicted octanol–water partition coefficient (Wildman–Crippen LogP) is 4.14. The Labute approximate surface area is 181 Å². The van der Waals surface area contributed by atoms with Crippen LogP contribution >= 0.6 is 23.1 Å². The molecule has 4 rings (SSSR count).